The zero-order chi connectivity index (χ0) is 42.9. The van der Waals surface area contributed by atoms with E-state index in [-0.39, 0.29) is 34.9 Å². The van der Waals surface area contributed by atoms with E-state index in [1.54, 1.807) is 0 Å². The SMILES string of the molecule is C=CC(=O)OCC(COC(=O)c1cc(OC(=O)C2CCC(C3CCC(CCCC)CC3)CC2)ccc1OC(=O)C1CCC(C2CCC(CCCC)CC2)CC1)OC(=O)C=C. The summed E-state index contributed by atoms with van der Waals surface area (Å²) in [6.07, 6.45) is 26.0. The molecule has 5 rings (SSSR count). The van der Waals surface area contributed by atoms with Crippen molar-refractivity contribution in [3.8, 4) is 11.5 Å². The van der Waals surface area contributed by atoms with Crippen molar-refractivity contribution in [3.05, 3.63) is 49.1 Å². The summed E-state index contributed by atoms with van der Waals surface area (Å²) < 4.78 is 27.6. The number of unbranched alkanes of at least 4 members (excludes halogenated alkanes) is 2. The Hall–Kier alpha value is -3.95. The maximum absolute atomic E-state index is 13.7. The smallest absolute Gasteiger partial charge is 0.342 e. The highest BCUT2D eigenvalue weighted by molar-refractivity contribution is 5.94. The summed E-state index contributed by atoms with van der Waals surface area (Å²) in [6, 6.07) is 4.37. The number of carbonyl (C=O) groups excluding carboxylic acids is 5. The van der Waals surface area contributed by atoms with Gasteiger partial charge in [-0.15, -0.1) is 0 Å². The molecule has 0 amide bonds. The standard InChI is InChI=1S/C50H72O10/c1-5-9-11-34-13-17-36(18-14-34)38-21-25-40(26-22-38)48(53)59-42-29-30-45(44(31-42)50(55)57-33-43(58-47(52)8-4)32-56-46(51)7-3)60-49(54)41-27-23-39(24-28-41)37-19-15-35(16-20-37)12-10-6-2/h7-8,29-31,34-41,43H,3-6,9-28,32-33H2,1-2H3. The van der Waals surface area contributed by atoms with Gasteiger partial charge in [-0.1, -0.05) is 91.2 Å². The first-order valence-corrected chi connectivity index (χ1v) is 23.5. The van der Waals surface area contributed by atoms with Crippen molar-refractivity contribution in [2.75, 3.05) is 13.2 Å². The molecule has 4 aliphatic rings. The molecule has 0 aromatic heterocycles. The zero-order valence-corrected chi connectivity index (χ0v) is 36.6. The summed E-state index contributed by atoms with van der Waals surface area (Å²) in [5.74, 6) is 0.885. The molecule has 0 aliphatic heterocycles. The molecule has 1 aromatic rings. The van der Waals surface area contributed by atoms with Gasteiger partial charge in [-0.25, -0.2) is 14.4 Å². The van der Waals surface area contributed by atoms with Gasteiger partial charge in [0, 0.05) is 12.2 Å². The fourth-order valence-corrected chi connectivity index (χ4v) is 10.6. The van der Waals surface area contributed by atoms with Crippen LogP contribution in [-0.4, -0.2) is 49.2 Å². The van der Waals surface area contributed by atoms with Crippen LogP contribution in [0.2, 0.25) is 0 Å². The number of rotatable bonds is 20. The monoisotopic (exact) mass is 833 g/mol. The second kappa shape index (κ2) is 24.5. The molecule has 0 heterocycles. The Morgan fingerprint density at radius 1 is 0.600 bits per heavy atom. The molecule has 10 nitrogen and oxygen atoms in total. The van der Waals surface area contributed by atoms with Crippen LogP contribution in [0.3, 0.4) is 0 Å². The summed E-state index contributed by atoms with van der Waals surface area (Å²) in [4.78, 5) is 64.6. The lowest BCUT2D eigenvalue weighted by atomic mass is 9.68. The highest BCUT2D eigenvalue weighted by Crippen LogP contribution is 2.44. The van der Waals surface area contributed by atoms with Crippen molar-refractivity contribution >= 4 is 29.8 Å². The maximum Gasteiger partial charge on any atom is 0.342 e. The average Bonchev–Trinajstić information content (AvgIpc) is 3.29. The van der Waals surface area contributed by atoms with Gasteiger partial charge in [0.05, 0.1) is 11.8 Å². The van der Waals surface area contributed by atoms with Crippen LogP contribution < -0.4 is 9.47 Å². The van der Waals surface area contributed by atoms with Crippen LogP contribution >= 0.6 is 0 Å². The van der Waals surface area contributed by atoms with Gasteiger partial charge in [-0.05, 0) is 131 Å². The molecule has 4 saturated carbocycles. The Kier molecular flexibility index (Phi) is 19.2. The first-order valence-electron chi connectivity index (χ1n) is 23.5. The van der Waals surface area contributed by atoms with Crippen LogP contribution in [0.5, 0.6) is 11.5 Å². The lowest BCUT2D eigenvalue weighted by molar-refractivity contribution is -0.155. The van der Waals surface area contributed by atoms with E-state index in [0.29, 0.717) is 11.8 Å². The van der Waals surface area contributed by atoms with Gasteiger partial charge in [0.15, 0.2) is 6.10 Å². The van der Waals surface area contributed by atoms with Crippen LogP contribution in [0, 0.1) is 47.3 Å². The first-order chi connectivity index (χ1) is 29.1. The van der Waals surface area contributed by atoms with Gasteiger partial charge in [0.2, 0.25) is 0 Å². The Balaban J connectivity index is 1.20. The number of hydrogen-bond donors (Lipinski definition) is 0. The van der Waals surface area contributed by atoms with Crippen molar-refractivity contribution in [3.63, 3.8) is 0 Å². The van der Waals surface area contributed by atoms with E-state index in [0.717, 1.165) is 87.2 Å². The summed E-state index contributed by atoms with van der Waals surface area (Å²) >= 11 is 0. The van der Waals surface area contributed by atoms with Gasteiger partial charge >= 0.3 is 29.8 Å². The van der Waals surface area contributed by atoms with Gasteiger partial charge in [-0.2, -0.15) is 0 Å². The lowest BCUT2D eigenvalue weighted by Crippen LogP contribution is -2.31. The van der Waals surface area contributed by atoms with E-state index in [1.165, 1.54) is 108 Å². The number of carbonyl (C=O) groups is 5. The molecule has 4 aliphatic carbocycles. The molecule has 0 saturated heterocycles. The Morgan fingerprint density at radius 3 is 1.52 bits per heavy atom. The predicted octanol–water partition coefficient (Wildman–Crippen LogP) is 11.1. The summed E-state index contributed by atoms with van der Waals surface area (Å²) in [6.45, 7) is 10.4. The topological polar surface area (TPSA) is 132 Å². The van der Waals surface area contributed by atoms with Crippen molar-refractivity contribution in [2.24, 2.45) is 47.3 Å². The molecule has 60 heavy (non-hydrogen) atoms. The molecule has 1 unspecified atom stereocenters. The number of esters is 5. The highest BCUT2D eigenvalue weighted by Gasteiger charge is 2.36. The predicted molar refractivity (Wildman–Crippen MR) is 230 cm³/mol. The van der Waals surface area contributed by atoms with Gasteiger partial charge in [-0.3, -0.25) is 9.59 Å². The van der Waals surface area contributed by atoms with Crippen LogP contribution in [0.4, 0.5) is 0 Å². The second-order valence-corrected chi connectivity index (χ2v) is 18.3. The Labute approximate surface area is 358 Å². The molecule has 1 atom stereocenters. The number of ether oxygens (including phenoxy) is 5. The summed E-state index contributed by atoms with van der Waals surface area (Å²) in [7, 11) is 0. The molecule has 10 heteroatoms. The molecule has 0 N–H and O–H groups in total. The molecule has 332 valence electrons. The number of hydrogen-bond acceptors (Lipinski definition) is 10. The minimum atomic E-state index is -1.15. The van der Waals surface area contributed by atoms with E-state index in [2.05, 4.69) is 27.0 Å². The van der Waals surface area contributed by atoms with Crippen LogP contribution in [-0.2, 0) is 33.4 Å². The third-order valence-corrected chi connectivity index (χ3v) is 14.3. The minimum Gasteiger partial charge on any atom is -0.458 e. The Bertz CT molecular complexity index is 1570. The highest BCUT2D eigenvalue weighted by atomic mass is 16.6. The summed E-state index contributed by atoms with van der Waals surface area (Å²) in [5.41, 5.74) is -0.114. The lowest BCUT2D eigenvalue weighted by Gasteiger charge is -2.37. The Morgan fingerprint density at radius 2 is 1.05 bits per heavy atom. The fraction of sp³-hybridized carbons (Fsp3) is 0.700. The quantitative estimate of drug-likeness (QED) is 0.0541. The largest absolute Gasteiger partial charge is 0.458 e. The van der Waals surface area contributed by atoms with Crippen molar-refractivity contribution in [1.82, 2.24) is 0 Å². The third kappa shape index (κ3) is 14.3. The number of benzene rings is 1. The maximum atomic E-state index is 13.7. The molecule has 0 radical (unpaired) electrons. The third-order valence-electron chi connectivity index (χ3n) is 14.3. The van der Waals surface area contributed by atoms with E-state index in [1.807, 2.05) is 0 Å². The average molecular weight is 833 g/mol. The molecule has 0 spiro atoms. The normalized spacial score (nSPS) is 27.4. The van der Waals surface area contributed by atoms with E-state index < -0.39 is 43.2 Å². The van der Waals surface area contributed by atoms with Crippen LogP contribution in [0.1, 0.15) is 165 Å². The molecular formula is C50H72O10. The van der Waals surface area contributed by atoms with Gasteiger partial charge < -0.3 is 23.7 Å². The zero-order valence-electron chi connectivity index (χ0n) is 36.6. The van der Waals surface area contributed by atoms with Crippen molar-refractivity contribution in [2.45, 2.75) is 161 Å². The van der Waals surface area contributed by atoms with E-state index >= 15 is 0 Å². The van der Waals surface area contributed by atoms with Crippen LogP contribution in [0.25, 0.3) is 0 Å². The van der Waals surface area contributed by atoms with E-state index in [4.69, 9.17) is 23.7 Å². The molecule has 0 bridgehead atoms. The van der Waals surface area contributed by atoms with Crippen LogP contribution in [0.15, 0.2) is 43.5 Å². The molecular weight excluding hydrogens is 761 g/mol. The first kappa shape index (κ1) is 47.1. The van der Waals surface area contributed by atoms with Gasteiger partial charge in [0.25, 0.3) is 0 Å². The van der Waals surface area contributed by atoms with E-state index in [9.17, 15) is 24.0 Å². The molecule has 4 fully saturated rings. The molecule has 1 aromatic carbocycles. The van der Waals surface area contributed by atoms with Crippen molar-refractivity contribution < 1.29 is 47.7 Å². The van der Waals surface area contributed by atoms with Gasteiger partial charge in [0.1, 0.15) is 30.3 Å². The fourth-order valence-electron chi connectivity index (χ4n) is 10.6. The van der Waals surface area contributed by atoms with Crippen molar-refractivity contribution in [1.29, 1.82) is 0 Å². The second-order valence-electron chi connectivity index (χ2n) is 18.3. The summed E-state index contributed by atoms with van der Waals surface area (Å²) in [5, 5.41) is 0. The minimum absolute atomic E-state index is 0.0139.